The number of phenols is 3. The molecule has 0 aliphatic carbocycles. The van der Waals surface area contributed by atoms with E-state index < -0.39 is 23.8 Å². The number of aromatic hydroxyl groups is 3. The standard InChI is InChI=1S/C18H20N2O6/c19-13(5-9-1-4-15(22)16(23)6-9)17(24)12-8-11(21)3-2-10(12)7-14(20)18(25)26/h1-4,6,8,13-14,21-23H,5,7,19-20H2,(H,25,26)/t13-,14-/m0/s1. The van der Waals surface area contributed by atoms with Gasteiger partial charge >= 0.3 is 5.97 Å². The van der Waals surface area contributed by atoms with Gasteiger partial charge in [0.25, 0.3) is 0 Å². The molecule has 0 heterocycles. The Kier molecular flexibility index (Phi) is 5.81. The number of Topliss-reactive ketones (excluding diaryl/α,β-unsaturated/α-hetero) is 1. The number of carbonyl (C=O) groups excluding carboxylic acids is 1. The van der Waals surface area contributed by atoms with Gasteiger partial charge in [-0.05, 0) is 48.2 Å². The number of hydrogen-bond donors (Lipinski definition) is 6. The molecule has 0 bridgehead atoms. The smallest absolute Gasteiger partial charge is 0.320 e. The van der Waals surface area contributed by atoms with Crippen LogP contribution in [0.4, 0.5) is 0 Å². The lowest BCUT2D eigenvalue weighted by Gasteiger charge is -2.16. The lowest BCUT2D eigenvalue weighted by atomic mass is 9.92. The van der Waals surface area contributed by atoms with Gasteiger partial charge in [0, 0.05) is 5.56 Å². The molecule has 26 heavy (non-hydrogen) atoms. The maximum atomic E-state index is 12.7. The number of ketones is 1. The topological polar surface area (TPSA) is 167 Å². The fourth-order valence-electron chi connectivity index (χ4n) is 2.54. The monoisotopic (exact) mass is 360 g/mol. The molecular formula is C18H20N2O6. The highest BCUT2D eigenvalue weighted by Crippen LogP contribution is 2.26. The second kappa shape index (κ2) is 7.85. The quantitative estimate of drug-likeness (QED) is 0.307. The largest absolute Gasteiger partial charge is 0.508 e. The van der Waals surface area contributed by atoms with Crippen LogP contribution in [0.25, 0.3) is 0 Å². The summed E-state index contributed by atoms with van der Waals surface area (Å²) in [5.74, 6) is -2.48. The van der Waals surface area contributed by atoms with Gasteiger partial charge in [0.15, 0.2) is 17.3 Å². The van der Waals surface area contributed by atoms with Gasteiger partial charge in [-0.2, -0.15) is 0 Å². The number of carboxylic acids is 1. The molecule has 8 N–H and O–H groups in total. The summed E-state index contributed by atoms with van der Waals surface area (Å²) in [6.45, 7) is 0. The van der Waals surface area contributed by atoms with Crippen molar-refractivity contribution < 1.29 is 30.0 Å². The summed E-state index contributed by atoms with van der Waals surface area (Å²) in [5, 5.41) is 37.5. The Morgan fingerprint density at radius 3 is 2.19 bits per heavy atom. The summed E-state index contributed by atoms with van der Waals surface area (Å²) < 4.78 is 0. The van der Waals surface area contributed by atoms with Gasteiger partial charge in [0.05, 0.1) is 6.04 Å². The molecule has 0 saturated heterocycles. The van der Waals surface area contributed by atoms with Gasteiger partial charge in [0.2, 0.25) is 0 Å². The molecule has 2 rings (SSSR count). The first-order valence-electron chi connectivity index (χ1n) is 7.80. The summed E-state index contributed by atoms with van der Waals surface area (Å²) in [4.78, 5) is 23.6. The number of aliphatic carboxylic acids is 1. The molecule has 0 aliphatic rings. The second-order valence-electron chi connectivity index (χ2n) is 5.99. The molecule has 0 radical (unpaired) electrons. The predicted molar refractivity (Wildman–Crippen MR) is 93.2 cm³/mol. The molecule has 8 nitrogen and oxygen atoms in total. The van der Waals surface area contributed by atoms with Crippen molar-refractivity contribution in [1.82, 2.24) is 0 Å². The third kappa shape index (κ3) is 4.50. The van der Waals surface area contributed by atoms with Gasteiger partial charge in [-0.25, -0.2) is 0 Å². The molecule has 8 heteroatoms. The fourth-order valence-corrected chi connectivity index (χ4v) is 2.54. The summed E-state index contributed by atoms with van der Waals surface area (Å²) in [7, 11) is 0. The van der Waals surface area contributed by atoms with Crippen molar-refractivity contribution in [3.05, 3.63) is 53.1 Å². The van der Waals surface area contributed by atoms with Crippen molar-refractivity contribution in [1.29, 1.82) is 0 Å². The molecule has 0 saturated carbocycles. The maximum absolute atomic E-state index is 12.7. The summed E-state index contributed by atoms with van der Waals surface area (Å²) in [5.41, 5.74) is 12.5. The third-order valence-corrected chi connectivity index (χ3v) is 3.95. The van der Waals surface area contributed by atoms with Crippen molar-refractivity contribution in [2.24, 2.45) is 11.5 Å². The lowest BCUT2D eigenvalue weighted by Crippen LogP contribution is -2.35. The Hall–Kier alpha value is -3.10. The highest BCUT2D eigenvalue weighted by atomic mass is 16.4. The highest BCUT2D eigenvalue weighted by Gasteiger charge is 2.23. The molecule has 0 aliphatic heterocycles. The molecule has 138 valence electrons. The van der Waals surface area contributed by atoms with Gasteiger partial charge in [-0.15, -0.1) is 0 Å². The number of phenolic OH excluding ortho intramolecular Hbond substituents is 3. The lowest BCUT2D eigenvalue weighted by molar-refractivity contribution is -0.138. The Morgan fingerprint density at radius 2 is 1.58 bits per heavy atom. The first-order chi connectivity index (χ1) is 12.2. The van der Waals surface area contributed by atoms with E-state index in [1.54, 1.807) is 0 Å². The fraction of sp³-hybridized carbons (Fsp3) is 0.222. The van der Waals surface area contributed by atoms with Crippen molar-refractivity contribution >= 4 is 11.8 Å². The molecule has 2 aromatic rings. The van der Waals surface area contributed by atoms with E-state index >= 15 is 0 Å². The first kappa shape index (κ1) is 19.2. The number of carbonyl (C=O) groups is 2. The average molecular weight is 360 g/mol. The van der Waals surface area contributed by atoms with Crippen molar-refractivity contribution in [2.45, 2.75) is 24.9 Å². The normalized spacial score (nSPS) is 13.2. The summed E-state index contributed by atoms with van der Waals surface area (Å²) >= 11 is 0. The van der Waals surface area contributed by atoms with Crippen LogP contribution in [-0.4, -0.2) is 44.3 Å². The number of rotatable bonds is 7. The molecule has 0 fully saturated rings. The van der Waals surface area contributed by atoms with E-state index in [1.165, 1.54) is 36.4 Å². The van der Waals surface area contributed by atoms with E-state index in [9.17, 15) is 24.9 Å². The minimum atomic E-state index is -1.21. The van der Waals surface area contributed by atoms with Crippen LogP contribution in [0.5, 0.6) is 17.2 Å². The van der Waals surface area contributed by atoms with Crippen LogP contribution >= 0.6 is 0 Å². The van der Waals surface area contributed by atoms with Crippen LogP contribution < -0.4 is 11.5 Å². The second-order valence-corrected chi connectivity index (χ2v) is 5.99. The Morgan fingerprint density at radius 1 is 0.885 bits per heavy atom. The van der Waals surface area contributed by atoms with Gasteiger partial charge < -0.3 is 31.9 Å². The van der Waals surface area contributed by atoms with Crippen LogP contribution in [0.1, 0.15) is 21.5 Å². The van der Waals surface area contributed by atoms with Crippen molar-refractivity contribution in [3.8, 4) is 17.2 Å². The summed E-state index contributed by atoms with van der Waals surface area (Å²) in [6, 6.07) is 5.90. The molecular weight excluding hydrogens is 340 g/mol. The number of carboxylic acid groups (broad SMARTS) is 1. The third-order valence-electron chi connectivity index (χ3n) is 3.95. The van der Waals surface area contributed by atoms with Gasteiger partial charge in [0.1, 0.15) is 11.8 Å². The predicted octanol–water partition coefficient (Wildman–Crippen LogP) is 0.510. The molecule has 0 spiro atoms. The number of hydrogen-bond acceptors (Lipinski definition) is 7. The van der Waals surface area contributed by atoms with Crippen LogP contribution in [0.2, 0.25) is 0 Å². The van der Waals surface area contributed by atoms with E-state index in [1.807, 2.05) is 0 Å². The Bertz CT molecular complexity index is 836. The molecule has 2 atom stereocenters. The highest BCUT2D eigenvalue weighted by molar-refractivity contribution is 6.01. The molecule has 0 unspecified atom stereocenters. The van der Waals surface area contributed by atoms with Crippen molar-refractivity contribution in [3.63, 3.8) is 0 Å². The van der Waals surface area contributed by atoms with E-state index in [4.69, 9.17) is 16.6 Å². The van der Waals surface area contributed by atoms with Crippen LogP contribution in [-0.2, 0) is 17.6 Å². The summed E-state index contributed by atoms with van der Waals surface area (Å²) in [6.07, 6.45) is -0.0177. The molecule has 0 aromatic heterocycles. The number of nitrogens with two attached hydrogens (primary N) is 2. The minimum Gasteiger partial charge on any atom is -0.508 e. The number of benzene rings is 2. The zero-order chi connectivity index (χ0) is 19.4. The average Bonchev–Trinajstić information content (AvgIpc) is 2.58. The SMILES string of the molecule is N[C@@H](Cc1ccc(O)cc1C(=O)[C@@H](N)Cc1ccc(O)c(O)c1)C(=O)O. The van der Waals surface area contributed by atoms with E-state index in [0.717, 1.165) is 0 Å². The van der Waals surface area contributed by atoms with Gasteiger partial charge in [-0.3, -0.25) is 9.59 Å². The zero-order valence-electron chi connectivity index (χ0n) is 13.8. The van der Waals surface area contributed by atoms with Crippen LogP contribution in [0.15, 0.2) is 36.4 Å². The maximum Gasteiger partial charge on any atom is 0.320 e. The Labute approximate surface area is 149 Å². The van der Waals surface area contributed by atoms with E-state index in [-0.39, 0.29) is 35.7 Å². The van der Waals surface area contributed by atoms with E-state index in [2.05, 4.69) is 0 Å². The molecule has 0 amide bonds. The van der Waals surface area contributed by atoms with Crippen LogP contribution in [0.3, 0.4) is 0 Å². The zero-order valence-corrected chi connectivity index (χ0v) is 13.8. The first-order valence-corrected chi connectivity index (χ1v) is 7.80. The van der Waals surface area contributed by atoms with E-state index in [0.29, 0.717) is 11.1 Å². The molecule has 2 aromatic carbocycles. The minimum absolute atomic E-state index is 0.0761. The van der Waals surface area contributed by atoms with Crippen LogP contribution in [0, 0.1) is 0 Å². The van der Waals surface area contributed by atoms with Crippen molar-refractivity contribution in [2.75, 3.05) is 0 Å². The Balaban J connectivity index is 2.25. The van der Waals surface area contributed by atoms with Gasteiger partial charge in [-0.1, -0.05) is 12.1 Å².